The minimum atomic E-state index is 0.147. The second-order valence-electron chi connectivity index (χ2n) is 6.20. The maximum atomic E-state index is 5.80. The van der Waals surface area contributed by atoms with Crippen molar-refractivity contribution in [2.24, 2.45) is 11.1 Å². The topological polar surface area (TPSA) is 38.0 Å². The molecule has 18 heavy (non-hydrogen) atoms. The van der Waals surface area contributed by atoms with E-state index in [1.807, 2.05) is 0 Å². The Bertz CT molecular complexity index is 411. The van der Waals surface area contributed by atoms with Crippen molar-refractivity contribution in [1.29, 1.82) is 0 Å². The Labute approximate surface area is 118 Å². The highest BCUT2D eigenvalue weighted by molar-refractivity contribution is 9.10. The van der Waals surface area contributed by atoms with Gasteiger partial charge in [0.1, 0.15) is 0 Å². The van der Waals surface area contributed by atoms with Crippen LogP contribution in [-0.4, -0.2) is 19.6 Å². The van der Waals surface area contributed by atoms with Gasteiger partial charge < -0.3 is 11.1 Å². The van der Waals surface area contributed by atoms with Gasteiger partial charge in [0.15, 0.2) is 0 Å². The number of benzene rings is 1. The van der Waals surface area contributed by atoms with Crippen molar-refractivity contribution in [3.63, 3.8) is 0 Å². The van der Waals surface area contributed by atoms with E-state index in [2.05, 4.69) is 59.4 Å². The van der Waals surface area contributed by atoms with Crippen LogP contribution >= 0.6 is 15.9 Å². The third-order valence-electron chi connectivity index (χ3n) is 4.06. The largest absolute Gasteiger partial charge is 0.330 e. The van der Waals surface area contributed by atoms with Crippen molar-refractivity contribution >= 4 is 15.9 Å². The molecule has 0 aromatic heterocycles. The maximum Gasteiger partial charge on any atom is 0.0178 e. The fourth-order valence-corrected chi connectivity index (χ4v) is 2.68. The smallest absolute Gasteiger partial charge is 0.0178 e. The van der Waals surface area contributed by atoms with Gasteiger partial charge >= 0.3 is 0 Å². The fraction of sp³-hybridized carbons (Fsp3) is 0.600. The van der Waals surface area contributed by atoms with Crippen LogP contribution in [0.15, 0.2) is 28.7 Å². The molecular formula is C15H23BrN2. The molecule has 0 heterocycles. The lowest BCUT2D eigenvalue weighted by molar-refractivity contribution is 0.410. The molecule has 0 atom stereocenters. The summed E-state index contributed by atoms with van der Waals surface area (Å²) in [7, 11) is 0. The Kier molecular flexibility index (Phi) is 4.15. The molecule has 0 bridgehead atoms. The zero-order chi connectivity index (χ0) is 13.2. The first-order chi connectivity index (χ1) is 8.47. The van der Waals surface area contributed by atoms with Crippen LogP contribution in [-0.2, 0) is 5.41 Å². The Morgan fingerprint density at radius 2 is 2.11 bits per heavy atom. The average molecular weight is 311 g/mol. The number of nitrogens with two attached hydrogens (primary N) is 1. The Hall–Kier alpha value is -0.380. The highest BCUT2D eigenvalue weighted by Gasteiger charge is 2.40. The van der Waals surface area contributed by atoms with Crippen LogP contribution in [0, 0.1) is 5.41 Å². The van der Waals surface area contributed by atoms with E-state index in [4.69, 9.17) is 5.73 Å². The average Bonchev–Trinajstić information content (AvgIpc) is 3.09. The zero-order valence-corrected chi connectivity index (χ0v) is 12.9. The van der Waals surface area contributed by atoms with Gasteiger partial charge in [-0.15, -0.1) is 0 Å². The molecule has 3 heteroatoms. The summed E-state index contributed by atoms with van der Waals surface area (Å²) >= 11 is 3.54. The molecule has 2 rings (SSSR count). The van der Waals surface area contributed by atoms with Crippen molar-refractivity contribution in [3.05, 3.63) is 34.3 Å². The van der Waals surface area contributed by atoms with Crippen LogP contribution in [0.4, 0.5) is 0 Å². The van der Waals surface area contributed by atoms with Crippen LogP contribution < -0.4 is 11.1 Å². The highest BCUT2D eigenvalue weighted by atomic mass is 79.9. The molecule has 1 aromatic rings. The molecule has 1 fully saturated rings. The second kappa shape index (κ2) is 5.32. The van der Waals surface area contributed by atoms with E-state index < -0.39 is 0 Å². The Morgan fingerprint density at radius 1 is 1.39 bits per heavy atom. The van der Waals surface area contributed by atoms with Crippen molar-refractivity contribution in [1.82, 2.24) is 5.32 Å². The van der Waals surface area contributed by atoms with Gasteiger partial charge in [-0.2, -0.15) is 0 Å². The lowest BCUT2D eigenvalue weighted by Gasteiger charge is -2.27. The first-order valence-electron chi connectivity index (χ1n) is 6.64. The van der Waals surface area contributed by atoms with Gasteiger partial charge in [0.25, 0.3) is 0 Å². The summed E-state index contributed by atoms with van der Waals surface area (Å²) in [6, 6.07) is 8.57. The predicted molar refractivity (Wildman–Crippen MR) is 80.8 cm³/mol. The Balaban J connectivity index is 1.91. The first-order valence-corrected chi connectivity index (χ1v) is 7.44. The number of halogens is 1. The Morgan fingerprint density at radius 3 is 2.67 bits per heavy atom. The molecule has 0 amide bonds. The first kappa shape index (κ1) is 14.0. The third kappa shape index (κ3) is 3.34. The van der Waals surface area contributed by atoms with Gasteiger partial charge in [0, 0.05) is 23.0 Å². The van der Waals surface area contributed by atoms with Crippen LogP contribution in [0.1, 0.15) is 32.3 Å². The van der Waals surface area contributed by atoms with E-state index in [-0.39, 0.29) is 5.41 Å². The van der Waals surface area contributed by atoms with Crippen LogP contribution in [0.3, 0.4) is 0 Å². The quantitative estimate of drug-likeness (QED) is 0.847. The minimum Gasteiger partial charge on any atom is -0.330 e. The summed E-state index contributed by atoms with van der Waals surface area (Å²) in [5.41, 5.74) is 7.72. The maximum absolute atomic E-state index is 5.80. The lowest BCUT2D eigenvalue weighted by Crippen LogP contribution is -2.38. The molecule has 1 aromatic carbocycles. The van der Waals surface area contributed by atoms with Crippen molar-refractivity contribution in [2.45, 2.75) is 32.1 Å². The fourth-order valence-electron chi connectivity index (χ4n) is 2.28. The van der Waals surface area contributed by atoms with E-state index in [0.29, 0.717) is 5.41 Å². The predicted octanol–water partition coefficient (Wildman–Crippen LogP) is 3.06. The molecule has 0 unspecified atom stereocenters. The summed E-state index contributed by atoms with van der Waals surface area (Å²) in [5, 5.41) is 3.60. The van der Waals surface area contributed by atoms with E-state index in [9.17, 15) is 0 Å². The molecule has 1 aliphatic rings. The molecule has 0 saturated heterocycles. The third-order valence-corrected chi connectivity index (χ3v) is 4.56. The van der Waals surface area contributed by atoms with Crippen molar-refractivity contribution in [3.8, 4) is 0 Å². The second-order valence-corrected chi connectivity index (χ2v) is 7.12. The molecule has 2 nitrogen and oxygen atoms in total. The van der Waals surface area contributed by atoms with Crippen molar-refractivity contribution < 1.29 is 0 Å². The van der Waals surface area contributed by atoms with Gasteiger partial charge in [-0.25, -0.2) is 0 Å². The van der Waals surface area contributed by atoms with Crippen molar-refractivity contribution in [2.75, 3.05) is 19.6 Å². The highest BCUT2D eigenvalue weighted by Crippen LogP contribution is 2.43. The van der Waals surface area contributed by atoms with E-state index >= 15 is 0 Å². The minimum absolute atomic E-state index is 0.147. The van der Waals surface area contributed by atoms with E-state index in [1.54, 1.807) is 0 Å². The standard InChI is InChI=1S/C15H23BrN2/c1-14(2,12-4-3-5-13(16)8-12)10-18-11-15(9-17)6-7-15/h3-5,8,18H,6-7,9-11,17H2,1-2H3. The molecule has 0 aliphatic heterocycles. The molecular weight excluding hydrogens is 288 g/mol. The zero-order valence-electron chi connectivity index (χ0n) is 11.3. The van der Waals surface area contributed by atoms with E-state index in [0.717, 1.165) is 24.1 Å². The summed E-state index contributed by atoms with van der Waals surface area (Å²) < 4.78 is 1.15. The molecule has 0 spiro atoms. The summed E-state index contributed by atoms with van der Waals surface area (Å²) in [6.07, 6.45) is 2.57. The summed E-state index contributed by atoms with van der Waals surface area (Å²) in [5.74, 6) is 0. The molecule has 0 radical (unpaired) electrons. The lowest BCUT2D eigenvalue weighted by atomic mass is 9.84. The molecule has 1 saturated carbocycles. The number of hydrogen-bond acceptors (Lipinski definition) is 2. The number of nitrogens with one attached hydrogen (secondary N) is 1. The molecule has 3 N–H and O–H groups in total. The van der Waals surface area contributed by atoms with Gasteiger partial charge in [-0.1, -0.05) is 41.9 Å². The summed E-state index contributed by atoms with van der Waals surface area (Å²) in [6.45, 7) is 7.43. The normalized spacial score (nSPS) is 17.8. The monoisotopic (exact) mass is 310 g/mol. The number of hydrogen-bond donors (Lipinski definition) is 2. The van der Waals surface area contributed by atoms with Gasteiger partial charge in [-0.05, 0) is 42.5 Å². The molecule has 100 valence electrons. The van der Waals surface area contributed by atoms with Gasteiger partial charge in [-0.3, -0.25) is 0 Å². The van der Waals surface area contributed by atoms with Gasteiger partial charge in [0.2, 0.25) is 0 Å². The summed E-state index contributed by atoms with van der Waals surface area (Å²) in [4.78, 5) is 0. The number of rotatable bonds is 6. The van der Waals surface area contributed by atoms with Gasteiger partial charge in [0.05, 0.1) is 0 Å². The SMILES string of the molecule is CC(C)(CNCC1(CN)CC1)c1cccc(Br)c1. The van der Waals surface area contributed by atoms with Crippen LogP contribution in [0.5, 0.6) is 0 Å². The van der Waals surface area contributed by atoms with E-state index in [1.165, 1.54) is 18.4 Å². The molecule has 1 aliphatic carbocycles. The van der Waals surface area contributed by atoms with Crippen LogP contribution in [0.25, 0.3) is 0 Å². The van der Waals surface area contributed by atoms with Crippen LogP contribution in [0.2, 0.25) is 0 Å².